The highest BCUT2D eigenvalue weighted by atomic mass is 15.2. The highest BCUT2D eigenvalue weighted by molar-refractivity contribution is 5.90. The molecular formula is C21H23N7. The molecule has 1 unspecified atom stereocenters. The van der Waals surface area contributed by atoms with Crippen LogP contribution in [0.1, 0.15) is 31.0 Å². The summed E-state index contributed by atoms with van der Waals surface area (Å²) in [7, 11) is 0. The fraction of sp³-hybridized carbons (Fsp3) is 0.429. The van der Waals surface area contributed by atoms with Gasteiger partial charge in [-0.05, 0) is 31.9 Å². The lowest BCUT2D eigenvalue weighted by Gasteiger charge is -2.39. The standard InChI is InChI=1S/C21H23N7/c1-14-10-18-17(12-28(14)19-3-7-24-20-16(19)2-6-23-20)21(26-13-25-18)27-8-4-15(11-22)5-9-27/h2-3,6-7,13-15H,4-5,8-10,12H2,1H3,(H,23,24). The molecule has 3 aromatic rings. The molecule has 7 heteroatoms. The van der Waals surface area contributed by atoms with E-state index in [9.17, 15) is 5.26 Å². The normalized spacial score (nSPS) is 20.2. The summed E-state index contributed by atoms with van der Waals surface area (Å²) in [6.07, 6.45) is 8.22. The van der Waals surface area contributed by atoms with Gasteiger partial charge in [0.1, 0.15) is 17.8 Å². The summed E-state index contributed by atoms with van der Waals surface area (Å²) in [5.74, 6) is 1.21. The largest absolute Gasteiger partial charge is 0.363 e. The van der Waals surface area contributed by atoms with Crippen LogP contribution in [0.3, 0.4) is 0 Å². The summed E-state index contributed by atoms with van der Waals surface area (Å²) in [5.41, 5.74) is 4.48. The van der Waals surface area contributed by atoms with E-state index in [1.54, 1.807) is 6.33 Å². The second-order valence-corrected chi connectivity index (χ2v) is 7.76. The molecule has 142 valence electrons. The molecule has 2 aliphatic heterocycles. The Morgan fingerprint density at radius 2 is 2.04 bits per heavy atom. The molecule has 0 aliphatic carbocycles. The summed E-state index contributed by atoms with van der Waals surface area (Å²) in [4.78, 5) is 21.7. The van der Waals surface area contributed by atoms with Crippen molar-refractivity contribution in [3.63, 3.8) is 0 Å². The van der Waals surface area contributed by atoms with E-state index >= 15 is 0 Å². The van der Waals surface area contributed by atoms with Crippen molar-refractivity contribution in [2.45, 2.75) is 38.8 Å². The van der Waals surface area contributed by atoms with E-state index < -0.39 is 0 Å². The molecule has 28 heavy (non-hydrogen) atoms. The van der Waals surface area contributed by atoms with Crippen molar-refractivity contribution in [2.75, 3.05) is 22.9 Å². The quantitative estimate of drug-likeness (QED) is 0.743. The summed E-state index contributed by atoms with van der Waals surface area (Å²) in [5, 5.41) is 10.3. The molecule has 7 nitrogen and oxygen atoms in total. The molecule has 0 bridgehead atoms. The van der Waals surface area contributed by atoms with E-state index in [1.807, 2.05) is 12.4 Å². The number of piperidine rings is 1. The number of nitriles is 1. The number of rotatable bonds is 2. The second-order valence-electron chi connectivity index (χ2n) is 7.76. The number of fused-ring (bicyclic) bond motifs is 2. The van der Waals surface area contributed by atoms with Gasteiger partial charge >= 0.3 is 0 Å². The van der Waals surface area contributed by atoms with Gasteiger partial charge in [0.25, 0.3) is 0 Å². The van der Waals surface area contributed by atoms with E-state index in [1.165, 1.54) is 11.3 Å². The van der Waals surface area contributed by atoms with Gasteiger partial charge in [0.15, 0.2) is 0 Å². The Labute approximate surface area is 164 Å². The fourth-order valence-electron chi connectivity index (χ4n) is 4.50. The second kappa shape index (κ2) is 6.79. The minimum Gasteiger partial charge on any atom is -0.363 e. The molecule has 1 saturated heterocycles. The Kier molecular flexibility index (Phi) is 4.12. The summed E-state index contributed by atoms with van der Waals surface area (Å²) in [6, 6.07) is 6.95. The Morgan fingerprint density at radius 3 is 2.86 bits per heavy atom. The Balaban J connectivity index is 1.50. The lowest BCUT2D eigenvalue weighted by Crippen LogP contribution is -2.41. The zero-order valence-electron chi connectivity index (χ0n) is 16.0. The molecule has 1 atom stereocenters. The maximum Gasteiger partial charge on any atom is 0.139 e. The number of nitrogens with zero attached hydrogens (tertiary/aromatic N) is 6. The van der Waals surface area contributed by atoms with Crippen molar-refractivity contribution in [3.05, 3.63) is 42.1 Å². The molecule has 5 rings (SSSR count). The SMILES string of the molecule is CC1Cc2ncnc(N3CCC(C#N)CC3)c2CN1c1ccnc2[nH]ccc12. The highest BCUT2D eigenvalue weighted by Gasteiger charge is 2.30. The van der Waals surface area contributed by atoms with Gasteiger partial charge in [-0.2, -0.15) is 5.26 Å². The lowest BCUT2D eigenvalue weighted by molar-refractivity contribution is 0.481. The van der Waals surface area contributed by atoms with Crippen LogP contribution in [0.15, 0.2) is 30.9 Å². The third-order valence-corrected chi connectivity index (χ3v) is 6.08. The number of aromatic amines is 1. The first-order chi connectivity index (χ1) is 13.7. The molecule has 0 radical (unpaired) electrons. The maximum atomic E-state index is 9.19. The smallest absolute Gasteiger partial charge is 0.139 e. The number of pyridine rings is 1. The van der Waals surface area contributed by atoms with Gasteiger partial charge in [0, 0.05) is 67.0 Å². The molecule has 3 aromatic heterocycles. The Morgan fingerprint density at radius 1 is 1.18 bits per heavy atom. The number of hydrogen-bond donors (Lipinski definition) is 1. The number of anilines is 2. The molecule has 5 heterocycles. The van der Waals surface area contributed by atoms with E-state index in [0.717, 1.165) is 61.4 Å². The Bertz CT molecular complexity index is 1040. The van der Waals surface area contributed by atoms with E-state index in [-0.39, 0.29) is 5.92 Å². The highest BCUT2D eigenvalue weighted by Crippen LogP contribution is 2.35. The first-order valence-electron chi connectivity index (χ1n) is 9.90. The van der Waals surface area contributed by atoms with Gasteiger partial charge in [-0.1, -0.05) is 0 Å². The van der Waals surface area contributed by atoms with Crippen molar-refractivity contribution in [2.24, 2.45) is 5.92 Å². The van der Waals surface area contributed by atoms with E-state index in [4.69, 9.17) is 0 Å². The summed E-state index contributed by atoms with van der Waals surface area (Å²) in [6.45, 7) is 4.81. The van der Waals surface area contributed by atoms with Crippen LogP contribution >= 0.6 is 0 Å². The fourth-order valence-corrected chi connectivity index (χ4v) is 4.50. The van der Waals surface area contributed by atoms with Crippen LogP contribution < -0.4 is 9.80 Å². The van der Waals surface area contributed by atoms with Crippen LogP contribution in [-0.4, -0.2) is 39.1 Å². The van der Waals surface area contributed by atoms with Gasteiger partial charge < -0.3 is 14.8 Å². The topological polar surface area (TPSA) is 84.7 Å². The molecular weight excluding hydrogens is 350 g/mol. The zero-order chi connectivity index (χ0) is 19.1. The molecule has 1 fully saturated rings. The Hall–Kier alpha value is -3.14. The predicted octanol–water partition coefficient (Wildman–Crippen LogP) is 3.04. The molecule has 0 spiro atoms. The van der Waals surface area contributed by atoms with Crippen LogP contribution in [-0.2, 0) is 13.0 Å². The summed E-state index contributed by atoms with van der Waals surface area (Å²) >= 11 is 0. The van der Waals surface area contributed by atoms with E-state index in [0.29, 0.717) is 6.04 Å². The van der Waals surface area contributed by atoms with Crippen molar-refractivity contribution < 1.29 is 0 Å². The molecule has 0 amide bonds. The monoisotopic (exact) mass is 373 g/mol. The van der Waals surface area contributed by atoms with Crippen LogP contribution in [0.4, 0.5) is 11.5 Å². The molecule has 0 aromatic carbocycles. The van der Waals surface area contributed by atoms with Crippen molar-refractivity contribution >= 4 is 22.5 Å². The van der Waals surface area contributed by atoms with Crippen molar-refractivity contribution in [1.29, 1.82) is 5.26 Å². The zero-order valence-corrected chi connectivity index (χ0v) is 16.0. The predicted molar refractivity (Wildman–Crippen MR) is 108 cm³/mol. The third-order valence-electron chi connectivity index (χ3n) is 6.08. The summed E-state index contributed by atoms with van der Waals surface area (Å²) < 4.78 is 0. The first kappa shape index (κ1) is 17.0. The van der Waals surface area contributed by atoms with Gasteiger partial charge in [0.2, 0.25) is 0 Å². The average Bonchev–Trinajstić information content (AvgIpc) is 3.22. The molecule has 0 saturated carbocycles. The van der Waals surface area contributed by atoms with Crippen LogP contribution in [0.2, 0.25) is 0 Å². The molecule has 1 N–H and O–H groups in total. The van der Waals surface area contributed by atoms with Gasteiger partial charge in [0.05, 0.1) is 11.8 Å². The van der Waals surface area contributed by atoms with Crippen LogP contribution in [0.25, 0.3) is 11.0 Å². The number of nitrogens with one attached hydrogen (secondary N) is 1. The minimum absolute atomic E-state index is 0.170. The third kappa shape index (κ3) is 2.76. The van der Waals surface area contributed by atoms with Crippen molar-refractivity contribution in [1.82, 2.24) is 19.9 Å². The van der Waals surface area contributed by atoms with Gasteiger partial charge in [-0.25, -0.2) is 15.0 Å². The number of aromatic nitrogens is 4. The van der Waals surface area contributed by atoms with Gasteiger partial charge in [-0.15, -0.1) is 0 Å². The molecule has 2 aliphatic rings. The maximum absolute atomic E-state index is 9.19. The van der Waals surface area contributed by atoms with Crippen molar-refractivity contribution in [3.8, 4) is 6.07 Å². The average molecular weight is 373 g/mol. The lowest BCUT2D eigenvalue weighted by atomic mass is 9.96. The van der Waals surface area contributed by atoms with Gasteiger partial charge in [-0.3, -0.25) is 0 Å². The first-order valence-corrected chi connectivity index (χ1v) is 9.90. The van der Waals surface area contributed by atoms with Crippen LogP contribution in [0.5, 0.6) is 0 Å². The number of hydrogen-bond acceptors (Lipinski definition) is 6. The van der Waals surface area contributed by atoms with E-state index in [2.05, 4.69) is 54.9 Å². The van der Waals surface area contributed by atoms with Crippen LogP contribution in [0, 0.1) is 17.2 Å². The minimum atomic E-state index is 0.170. The number of H-pyrrole nitrogens is 1.